The summed E-state index contributed by atoms with van der Waals surface area (Å²) >= 11 is 5.31. The molecule has 2 atom stereocenters. The largest absolute Gasteiger partial charge is 0.353 e. The van der Waals surface area contributed by atoms with Crippen molar-refractivity contribution in [3.63, 3.8) is 0 Å². The van der Waals surface area contributed by atoms with Gasteiger partial charge < -0.3 is 10.6 Å². The third-order valence-electron chi connectivity index (χ3n) is 6.24. The lowest BCUT2D eigenvalue weighted by atomic mass is 9.69. The molecule has 4 rings (SSSR count). The van der Waals surface area contributed by atoms with Crippen LogP contribution in [0.3, 0.4) is 0 Å². The van der Waals surface area contributed by atoms with Crippen LogP contribution in [0.4, 0.5) is 5.00 Å². The molecule has 1 aliphatic heterocycles. The summed E-state index contributed by atoms with van der Waals surface area (Å²) in [5.74, 6) is 0.762. The normalized spacial score (nSPS) is 22.2. The minimum atomic E-state index is -0.171. The van der Waals surface area contributed by atoms with E-state index in [1.165, 1.54) is 23.3 Å². The van der Waals surface area contributed by atoms with Gasteiger partial charge in [0.1, 0.15) is 11.2 Å². The molecule has 2 aliphatic rings. The minimum absolute atomic E-state index is 0.0643. The van der Waals surface area contributed by atoms with Gasteiger partial charge in [0.25, 0.3) is 5.91 Å². The van der Waals surface area contributed by atoms with Gasteiger partial charge in [-0.3, -0.25) is 4.79 Å². The van der Waals surface area contributed by atoms with Crippen LogP contribution in [0.2, 0.25) is 0 Å². The summed E-state index contributed by atoms with van der Waals surface area (Å²) in [6, 6.07) is 8.09. The summed E-state index contributed by atoms with van der Waals surface area (Å²) in [5, 5.41) is 7.74. The molecule has 138 valence electrons. The predicted octanol–water partition coefficient (Wildman–Crippen LogP) is 5.91. The van der Waals surface area contributed by atoms with Gasteiger partial charge in [-0.25, -0.2) is 0 Å². The first kappa shape index (κ1) is 18.1. The van der Waals surface area contributed by atoms with Crippen molar-refractivity contribution in [3.8, 4) is 0 Å². The van der Waals surface area contributed by atoms with Gasteiger partial charge in [0, 0.05) is 9.35 Å². The van der Waals surface area contributed by atoms with Crippen LogP contribution in [0.5, 0.6) is 0 Å². The second-order valence-electron chi connectivity index (χ2n) is 8.10. The molecular formula is C21H25BrN2OS. The van der Waals surface area contributed by atoms with Crippen LogP contribution in [0.1, 0.15) is 66.1 Å². The molecule has 1 amide bonds. The number of amides is 1. The molecule has 1 aromatic carbocycles. The molecule has 2 heterocycles. The van der Waals surface area contributed by atoms with Crippen molar-refractivity contribution in [2.24, 2.45) is 11.3 Å². The molecular weight excluding hydrogens is 408 g/mol. The van der Waals surface area contributed by atoms with Crippen LogP contribution in [0.15, 0.2) is 28.7 Å². The summed E-state index contributed by atoms with van der Waals surface area (Å²) in [4.78, 5) is 14.3. The quantitative estimate of drug-likeness (QED) is 0.632. The van der Waals surface area contributed by atoms with Gasteiger partial charge in [0.15, 0.2) is 0 Å². The van der Waals surface area contributed by atoms with Crippen molar-refractivity contribution in [2.45, 2.75) is 52.6 Å². The standard InChI is InChI=1S/C21H25BrN2OS/c1-4-21(2,3)13-8-9-15-16(11-13)26-20-17(15)19(25)23-18(24-20)12-6-5-7-14(22)10-12/h5-7,10,13,18,24H,4,8-9,11H2,1-3H3,(H,23,25)/t13-,18+/m1/s1. The molecule has 1 aliphatic carbocycles. The number of rotatable bonds is 3. The number of anilines is 1. The Morgan fingerprint density at radius 2 is 2.12 bits per heavy atom. The van der Waals surface area contributed by atoms with E-state index in [0.29, 0.717) is 11.3 Å². The van der Waals surface area contributed by atoms with E-state index in [1.54, 1.807) is 11.3 Å². The van der Waals surface area contributed by atoms with Crippen LogP contribution in [-0.2, 0) is 12.8 Å². The highest BCUT2D eigenvalue weighted by Gasteiger charge is 2.37. The van der Waals surface area contributed by atoms with Gasteiger partial charge in [0.2, 0.25) is 0 Å². The molecule has 2 aromatic rings. The predicted molar refractivity (Wildman–Crippen MR) is 112 cm³/mol. The van der Waals surface area contributed by atoms with Gasteiger partial charge in [-0.1, -0.05) is 55.3 Å². The maximum atomic E-state index is 12.9. The second-order valence-corrected chi connectivity index (χ2v) is 10.1. The van der Waals surface area contributed by atoms with E-state index in [4.69, 9.17) is 0 Å². The van der Waals surface area contributed by atoms with E-state index in [0.717, 1.165) is 33.4 Å². The van der Waals surface area contributed by atoms with E-state index in [9.17, 15) is 4.79 Å². The number of carbonyl (C=O) groups is 1. The smallest absolute Gasteiger partial charge is 0.256 e. The zero-order valence-corrected chi connectivity index (χ0v) is 17.9. The van der Waals surface area contributed by atoms with Gasteiger partial charge in [-0.05, 0) is 53.9 Å². The topological polar surface area (TPSA) is 41.1 Å². The van der Waals surface area contributed by atoms with E-state index in [1.807, 2.05) is 18.2 Å². The number of hydrogen-bond acceptors (Lipinski definition) is 3. The minimum Gasteiger partial charge on any atom is -0.353 e. The van der Waals surface area contributed by atoms with Crippen molar-refractivity contribution in [2.75, 3.05) is 5.32 Å². The van der Waals surface area contributed by atoms with Crippen molar-refractivity contribution in [3.05, 3.63) is 50.3 Å². The fourth-order valence-corrected chi connectivity index (χ4v) is 5.88. The average Bonchev–Trinajstić information content (AvgIpc) is 2.99. The summed E-state index contributed by atoms with van der Waals surface area (Å²) in [7, 11) is 0. The fraction of sp³-hybridized carbons (Fsp3) is 0.476. The Bertz CT molecular complexity index is 858. The Balaban J connectivity index is 1.64. The Labute approximate surface area is 167 Å². The van der Waals surface area contributed by atoms with Crippen LogP contribution in [0.25, 0.3) is 0 Å². The number of carbonyl (C=O) groups excluding carboxylic acids is 1. The molecule has 5 heteroatoms. The summed E-state index contributed by atoms with van der Waals surface area (Å²) in [6.07, 6.45) is 4.33. The third-order valence-corrected chi connectivity index (χ3v) is 7.92. The molecule has 0 saturated carbocycles. The first-order chi connectivity index (χ1) is 12.4. The van der Waals surface area contributed by atoms with Crippen molar-refractivity contribution in [1.29, 1.82) is 0 Å². The summed E-state index contributed by atoms with van der Waals surface area (Å²) in [5.41, 5.74) is 3.60. The van der Waals surface area contributed by atoms with Gasteiger partial charge in [0.05, 0.1) is 5.56 Å². The Morgan fingerprint density at radius 1 is 1.31 bits per heavy atom. The van der Waals surface area contributed by atoms with Crippen LogP contribution >= 0.6 is 27.3 Å². The fourth-order valence-electron chi connectivity index (χ4n) is 4.11. The molecule has 0 spiro atoms. The monoisotopic (exact) mass is 432 g/mol. The molecule has 1 aromatic heterocycles. The Kier molecular flexibility index (Phi) is 4.64. The lowest BCUT2D eigenvalue weighted by Crippen LogP contribution is -2.38. The van der Waals surface area contributed by atoms with E-state index in [2.05, 4.69) is 53.4 Å². The van der Waals surface area contributed by atoms with E-state index in [-0.39, 0.29) is 12.1 Å². The Morgan fingerprint density at radius 3 is 2.85 bits per heavy atom. The molecule has 0 bridgehead atoms. The number of benzene rings is 1. The number of halogens is 1. The molecule has 3 nitrogen and oxygen atoms in total. The SMILES string of the molecule is CCC(C)(C)[C@@H]1CCc2c(sc3c2C(=O)N[C@H](c2cccc(Br)c2)N3)C1. The van der Waals surface area contributed by atoms with Gasteiger partial charge >= 0.3 is 0 Å². The maximum Gasteiger partial charge on any atom is 0.256 e. The summed E-state index contributed by atoms with van der Waals surface area (Å²) < 4.78 is 1.02. The van der Waals surface area contributed by atoms with Gasteiger partial charge in [-0.2, -0.15) is 0 Å². The molecule has 2 N–H and O–H groups in total. The van der Waals surface area contributed by atoms with Crippen molar-refractivity contribution < 1.29 is 4.79 Å². The van der Waals surface area contributed by atoms with Crippen molar-refractivity contribution >= 4 is 38.2 Å². The first-order valence-corrected chi connectivity index (χ1v) is 11.0. The van der Waals surface area contributed by atoms with E-state index < -0.39 is 0 Å². The molecule has 0 saturated heterocycles. The molecule has 0 radical (unpaired) electrons. The average molecular weight is 433 g/mol. The van der Waals surface area contributed by atoms with Crippen LogP contribution in [0, 0.1) is 11.3 Å². The number of thiophene rings is 1. The molecule has 26 heavy (non-hydrogen) atoms. The first-order valence-electron chi connectivity index (χ1n) is 9.36. The van der Waals surface area contributed by atoms with E-state index >= 15 is 0 Å². The number of fused-ring (bicyclic) bond motifs is 3. The van der Waals surface area contributed by atoms with Crippen LogP contribution in [-0.4, -0.2) is 5.91 Å². The summed E-state index contributed by atoms with van der Waals surface area (Å²) in [6.45, 7) is 7.04. The maximum absolute atomic E-state index is 12.9. The third kappa shape index (κ3) is 3.09. The molecule has 0 unspecified atom stereocenters. The zero-order valence-electron chi connectivity index (χ0n) is 15.5. The van der Waals surface area contributed by atoms with Crippen LogP contribution < -0.4 is 10.6 Å². The second kappa shape index (κ2) is 6.68. The highest BCUT2D eigenvalue weighted by Crippen LogP contribution is 2.47. The lowest BCUT2D eigenvalue weighted by Gasteiger charge is -2.36. The highest BCUT2D eigenvalue weighted by molar-refractivity contribution is 9.10. The van der Waals surface area contributed by atoms with Crippen molar-refractivity contribution in [1.82, 2.24) is 5.32 Å². The van der Waals surface area contributed by atoms with Gasteiger partial charge in [-0.15, -0.1) is 11.3 Å². The number of hydrogen-bond donors (Lipinski definition) is 2. The highest BCUT2D eigenvalue weighted by atomic mass is 79.9. The number of nitrogens with one attached hydrogen (secondary N) is 2. The Hall–Kier alpha value is -1.33. The molecule has 0 fully saturated rings. The zero-order chi connectivity index (χ0) is 18.5. The lowest BCUT2D eigenvalue weighted by molar-refractivity contribution is 0.0934.